The van der Waals surface area contributed by atoms with Gasteiger partial charge in [-0.05, 0) is 23.8 Å². The molecule has 0 aliphatic rings. The van der Waals surface area contributed by atoms with E-state index in [1.54, 1.807) is 19.2 Å². The van der Waals surface area contributed by atoms with E-state index < -0.39 is 15.0 Å². The monoisotopic (exact) mass is 453 g/mol. The van der Waals surface area contributed by atoms with Crippen LogP contribution in [-0.4, -0.2) is 27.6 Å². The highest BCUT2D eigenvalue weighted by Gasteiger charge is 2.21. The van der Waals surface area contributed by atoms with Gasteiger partial charge in [0.2, 0.25) is 0 Å². The first-order valence-corrected chi connectivity index (χ1v) is 11.0. The highest BCUT2D eigenvalue weighted by molar-refractivity contribution is 7.86. The Morgan fingerprint density at radius 3 is 2.06 bits per heavy atom. The average molecular weight is 453 g/mol. The molecule has 4 aromatic rings. The molecule has 0 unspecified atom stereocenters. The molecule has 0 saturated heterocycles. The van der Waals surface area contributed by atoms with E-state index in [9.17, 15) is 18.5 Å². The number of hydrogen-bond donors (Lipinski definition) is 0. The van der Waals surface area contributed by atoms with Crippen LogP contribution in [0, 0.1) is 10.1 Å². The van der Waals surface area contributed by atoms with Crippen molar-refractivity contribution < 1.29 is 27.0 Å². The van der Waals surface area contributed by atoms with E-state index in [-0.39, 0.29) is 17.2 Å². The molecule has 0 N–H and O–H groups in total. The molecule has 164 valence electrons. The Morgan fingerprint density at radius 1 is 0.812 bits per heavy atom. The maximum Gasteiger partial charge on any atom is 0.297 e. The quantitative estimate of drug-likeness (QED) is 0.171. The molecule has 0 heterocycles. The molecule has 0 aliphatic heterocycles. The number of nitrogens with zero attached hydrogens (tertiary/aromatic N) is 1. The zero-order valence-electron chi connectivity index (χ0n) is 17.3. The minimum Gasteiger partial charge on any atom is -0.495 e. The lowest BCUT2D eigenvalue weighted by molar-refractivity contribution is -0.384. The molecule has 0 fully saturated rings. The minimum atomic E-state index is -4.15. The standard InChI is InChI=1S/C23H19NO7S/c1-29-22-18-8-3-4-9-19(18)23(30-2)21-13-17(10-11-20(21)22)32(27,28)31-14-15-6-5-7-16(12-15)24(25)26/h3-13H,14H2,1-2H3. The summed E-state index contributed by atoms with van der Waals surface area (Å²) in [6.45, 7) is -0.333. The van der Waals surface area contributed by atoms with E-state index in [0.717, 1.165) is 10.8 Å². The van der Waals surface area contributed by atoms with Gasteiger partial charge < -0.3 is 9.47 Å². The third-order valence-corrected chi connectivity index (χ3v) is 6.36. The normalized spacial score (nSPS) is 11.6. The molecule has 4 rings (SSSR count). The summed E-state index contributed by atoms with van der Waals surface area (Å²) in [5.74, 6) is 1.13. The molecule has 0 amide bonds. The van der Waals surface area contributed by atoms with Gasteiger partial charge in [0.1, 0.15) is 11.5 Å². The number of rotatable bonds is 7. The van der Waals surface area contributed by atoms with Crippen LogP contribution >= 0.6 is 0 Å². The maximum absolute atomic E-state index is 12.9. The Kier molecular flexibility index (Phi) is 5.68. The molecule has 0 spiro atoms. The number of hydrogen-bond acceptors (Lipinski definition) is 7. The summed E-state index contributed by atoms with van der Waals surface area (Å²) in [6.07, 6.45) is 0. The Bertz CT molecular complexity index is 1450. The van der Waals surface area contributed by atoms with E-state index in [2.05, 4.69) is 0 Å². The fourth-order valence-corrected chi connectivity index (χ4v) is 4.57. The molecule has 0 aliphatic carbocycles. The fraction of sp³-hybridized carbons (Fsp3) is 0.130. The lowest BCUT2D eigenvalue weighted by Crippen LogP contribution is -2.07. The molecule has 0 bridgehead atoms. The zero-order valence-corrected chi connectivity index (χ0v) is 18.1. The van der Waals surface area contributed by atoms with Crippen molar-refractivity contribution in [3.05, 3.63) is 82.4 Å². The van der Waals surface area contributed by atoms with Gasteiger partial charge in [0.15, 0.2) is 0 Å². The SMILES string of the molecule is COc1c2ccccc2c(OC)c2cc(S(=O)(=O)OCc3cccc([N+](=O)[O-])c3)ccc12. The number of nitro benzene ring substituents is 1. The van der Waals surface area contributed by atoms with E-state index in [0.29, 0.717) is 27.8 Å². The van der Waals surface area contributed by atoms with Crippen molar-refractivity contribution >= 4 is 37.4 Å². The van der Waals surface area contributed by atoms with Crippen LogP contribution in [0.25, 0.3) is 21.5 Å². The highest BCUT2D eigenvalue weighted by atomic mass is 32.2. The Morgan fingerprint density at radius 2 is 1.44 bits per heavy atom. The summed E-state index contributed by atoms with van der Waals surface area (Å²) < 4.78 is 42.1. The number of non-ortho nitro benzene ring substituents is 1. The Labute approximate surface area is 184 Å². The third-order valence-electron chi connectivity index (χ3n) is 5.10. The predicted molar refractivity (Wildman–Crippen MR) is 120 cm³/mol. The minimum absolute atomic E-state index is 0.0638. The van der Waals surface area contributed by atoms with Gasteiger partial charge in [0.25, 0.3) is 15.8 Å². The Hall–Kier alpha value is -3.69. The van der Waals surface area contributed by atoms with Crippen LogP contribution in [0.5, 0.6) is 11.5 Å². The van der Waals surface area contributed by atoms with Gasteiger partial charge in [-0.25, -0.2) is 0 Å². The summed E-state index contributed by atoms with van der Waals surface area (Å²) >= 11 is 0. The van der Waals surface area contributed by atoms with Gasteiger partial charge in [0.05, 0.1) is 30.6 Å². The number of benzene rings is 4. The smallest absolute Gasteiger partial charge is 0.297 e. The third kappa shape index (κ3) is 3.83. The lowest BCUT2D eigenvalue weighted by atomic mass is 10.0. The summed E-state index contributed by atoms with van der Waals surface area (Å²) in [7, 11) is -1.07. The molecule has 0 atom stereocenters. The van der Waals surface area contributed by atoms with Gasteiger partial charge in [-0.2, -0.15) is 8.42 Å². The van der Waals surface area contributed by atoms with Gasteiger partial charge in [0, 0.05) is 33.7 Å². The van der Waals surface area contributed by atoms with Crippen LogP contribution in [0.1, 0.15) is 5.56 Å². The van der Waals surface area contributed by atoms with Gasteiger partial charge >= 0.3 is 0 Å². The second-order valence-corrected chi connectivity index (χ2v) is 8.58. The van der Waals surface area contributed by atoms with Crippen LogP contribution in [0.4, 0.5) is 5.69 Å². The topological polar surface area (TPSA) is 105 Å². The first-order chi connectivity index (χ1) is 15.4. The first kappa shape index (κ1) is 21.5. The number of ether oxygens (including phenoxy) is 2. The number of nitro groups is 1. The van der Waals surface area contributed by atoms with Crippen LogP contribution in [-0.2, 0) is 20.9 Å². The predicted octanol–water partition coefficient (Wildman–Crippen LogP) is 4.82. The second-order valence-electron chi connectivity index (χ2n) is 6.96. The largest absolute Gasteiger partial charge is 0.495 e. The van der Waals surface area contributed by atoms with Crippen molar-refractivity contribution in [1.82, 2.24) is 0 Å². The van der Waals surface area contributed by atoms with Crippen LogP contribution in [0.15, 0.2) is 71.6 Å². The number of methoxy groups -OCH3 is 2. The molecule has 0 radical (unpaired) electrons. The van der Waals surface area contributed by atoms with Crippen LogP contribution in [0.3, 0.4) is 0 Å². The maximum atomic E-state index is 12.9. The Balaban J connectivity index is 1.76. The molecule has 0 aromatic heterocycles. The van der Waals surface area contributed by atoms with Gasteiger partial charge in [-0.15, -0.1) is 0 Å². The van der Waals surface area contributed by atoms with E-state index in [4.69, 9.17) is 13.7 Å². The van der Waals surface area contributed by atoms with Gasteiger partial charge in [-0.3, -0.25) is 14.3 Å². The molecular weight excluding hydrogens is 434 g/mol. The summed E-state index contributed by atoms with van der Waals surface area (Å²) in [6, 6.07) is 17.7. The van der Waals surface area contributed by atoms with Crippen molar-refractivity contribution in [2.24, 2.45) is 0 Å². The first-order valence-electron chi connectivity index (χ1n) is 9.55. The number of fused-ring (bicyclic) bond motifs is 2. The summed E-state index contributed by atoms with van der Waals surface area (Å²) in [4.78, 5) is 10.3. The second kappa shape index (κ2) is 8.45. The van der Waals surface area contributed by atoms with Gasteiger partial charge in [-0.1, -0.05) is 36.4 Å². The van der Waals surface area contributed by atoms with Crippen molar-refractivity contribution in [3.8, 4) is 11.5 Å². The van der Waals surface area contributed by atoms with Crippen LogP contribution in [0.2, 0.25) is 0 Å². The average Bonchev–Trinajstić information content (AvgIpc) is 2.81. The van der Waals surface area contributed by atoms with E-state index in [1.807, 2.05) is 24.3 Å². The molecule has 32 heavy (non-hydrogen) atoms. The molecular formula is C23H19NO7S. The molecule has 8 nitrogen and oxygen atoms in total. The zero-order chi connectivity index (χ0) is 22.9. The van der Waals surface area contributed by atoms with Crippen molar-refractivity contribution in [2.45, 2.75) is 11.5 Å². The molecule has 4 aromatic carbocycles. The van der Waals surface area contributed by atoms with Crippen molar-refractivity contribution in [3.63, 3.8) is 0 Å². The highest BCUT2D eigenvalue weighted by Crippen LogP contribution is 2.43. The summed E-state index contributed by atoms with van der Waals surface area (Å²) in [5.41, 5.74) is 0.228. The van der Waals surface area contributed by atoms with Crippen LogP contribution < -0.4 is 9.47 Å². The molecule has 0 saturated carbocycles. The van der Waals surface area contributed by atoms with Crippen molar-refractivity contribution in [2.75, 3.05) is 14.2 Å². The van der Waals surface area contributed by atoms with E-state index >= 15 is 0 Å². The van der Waals surface area contributed by atoms with E-state index in [1.165, 1.54) is 37.4 Å². The summed E-state index contributed by atoms with van der Waals surface area (Å²) in [5, 5.41) is 13.8. The molecule has 9 heteroatoms. The fourth-order valence-electron chi connectivity index (χ4n) is 3.65. The van der Waals surface area contributed by atoms with Crippen molar-refractivity contribution in [1.29, 1.82) is 0 Å². The lowest BCUT2D eigenvalue weighted by Gasteiger charge is -2.16.